The molecule has 8 nitrogen and oxygen atoms in total. The maximum absolute atomic E-state index is 14.4. The Morgan fingerprint density at radius 2 is 1.80 bits per heavy atom. The van der Waals surface area contributed by atoms with E-state index in [1.165, 1.54) is 12.3 Å². The van der Waals surface area contributed by atoms with Crippen LogP contribution in [0.25, 0.3) is 28.1 Å². The molecule has 0 spiro atoms. The number of nitrogens with zero attached hydrogens (tertiary/aromatic N) is 5. The number of para-hydroxylation sites is 2. The first-order chi connectivity index (χ1) is 19.5. The van der Waals surface area contributed by atoms with Crippen molar-refractivity contribution in [3.8, 4) is 17.1 Å². The first kappa shape index (κ1) is 25.7. The quantitative estimate of drug-likeness (QED) is 0.189. The van der Waals surface area contributed by atoms with Gasteiger partial charge in [-0.2, -0.15) is 0 Å². The number of hydrogen-bond acceptors (Lipinski definition) is 7. The van der Waals surface area contributed by atoms with Crippen molar-refractivity contribution in [2.45, 2.75) is 37.8 Å². The summed E-state index contributed by atoms with van der Waals surface area (Å²) in [5, 5.41) is 6.91. The third-order valence-corrected chi connectivity index (χ3v) is 7.27. The molecule has 0 radical (unpaired) electrons. The minimum Gasteiger partial charge on any atom is -0.381 e. The summed E-state index contributed by atoms with van der Waals surface area (Å²) in [4.78, 5) is 25.2. The van der Waals surface area contributed by atoms with Crippen LogP contribution >= 0.6 is 0 Å². The van der Waals surface area contributed by atoms with Gasteiger partial charge in [-0.05, 0) is 79.4 Å². The number of ether oxygens (including phenoxy) is 1. The Balaban J connectivity index is 1.57. The van der Waals surface area contributed by atoms with E-state index in [4.69, 9.17) is 14.7 Å². The number of benzene rings is 3. The number of nitrogens with one attached hydrogen (secondary N) is 1. The number of aromatic nitrogens is 3. The Kier molecular flexibility index (Phi) is 7.00. The van der Waals surface area contributed by atoms with E-state index in [1.54, 1.807) is 25.3 Å². The average molecular weight is 541 g/mol. The van der Waals surface area contributed by atoms with Gasteiger partial charge in [-0.1, -0.05) is 12.1 Å². The molecular formula is C30H26F2N6O2. The van der Waals surface area contributed by atoms with Crippen molar-refractivity contribution < 1.29 is 13.5 Å². The topological polar surface area (TPSA) is 93.8 Å². The predicted molar refractivity (Wildman–Crippen MR) is 149 cm³/mol. The van der Waals surface area contributed by atoms with E-state index in [1.807, 2.05) is 41.0 Å². The molecule has 3 aromatic rings. The number of pyridine rings is 1. The van der Waals surface area contributed by atoms with Crippen LogP contribution in [0.1, 0.15) is 25.7 Å². The zero-order chi connectivity index (χ0) is 27.6. The zero-order valence-corrected chi connectivity index (χ0v) is 21.7. The molecule has 1 fully saturated rings. The van der Waals surface area contributed by atoms with Crippen LogP contribution < -0.4 is 10.7 Å². The summed E-state index contributed by atoms with van der Waals surface area (Å²) < 4.78 is 35.7. The summed E-state index contributed by atoms with van der Waals surface area (Å²) in [7, 11) is 1.74. The van der Waals surface area contributed by atoms with E-state index in [-0.39, 0.29) is 17.8 Å². The highest BCUT2D eigenvalue weighted by Crippen LogP contribution is 2.31. The molecule has 0 saturated heterocycles. The van der Waals surface area contributed by atoms with E-state index < -0.39 is 11.6 Å². The standard InChI is InChI=1S/C30H26F2N6O2/c1-40-21-10-6-18(7-11-21)34-26-16-29-27(15-25(26)36-30-13-8-19(37-39)17-33-30)35-24-4-2-3-5-28(24)38(29)20-9-12-22(31)23(32)14-20/h2-5,8-9,12-18,21H,6-7,10-11H2,1H3,(H,33,36)/b34-26+. The Morgan fingerprint density at radius 3 is 2.52 bits per heavy atom. The van der Waals surface area contributed by atoms with Gasteiger partial charge in [-0.15, -0.1) is 4.91 Å². The zero-order valence-electron chi connectivity index (χ0n) is 21.7. The molecule has 40 heavy (non-hydrogen) atoms. The molecule has 6 rings (SSSR count). The number of rotatable bonds is 6. The predicted octanol–water partition coefficient (Wildman–Crippen LogP) is 6.80. The van der Waals surface area contributed by atoms with Gasteiger partial charge in [0.15, 0.2) is 11.6 Å². The molecule has 1 saturated carbocycles. The smallest absolute Gasteiger partial charge is 0.160 e. The minimum atomic E-state index is -0.934. The van der Waals surface area contributed by atoms with E-state index in [0.717, 1.165) is 37.3 Å². The van der Waals surface area contributed by atoms with Crippen molar-refractivity contribution in [3.05, 3.63) is 94.8 Å². The first-order valence-electron chi connectivity index (χ1n) is 13.1. The van der Waals surface area contributed by atoms with Crippen LogP contribution in [0.15, 0.2) is 83.1 Å². The molecule has 2 aliphatic carbocycles. The van der Waals surface area contributed by atoms with Crippen LogP contribution in [-0.2, 0) is 4.74 Å². The van der Waals surface area contributed by atoms with Crippen LogP contribution in [0.2, 0.25) is 0 Å². The van der Waals surface area contributed by atoms with Gasteiger partial charge in [-0.25, -0.2) is 18.7 Å². The lowest BCUT2D eigenvalue weighted by atomic mass is 9.93. The summed E-state index contributed by atoms with van der Waals surface area (Å²) in [5.74, 6) is -1.33. The van der Waals surface area contributed by atoms with Crippen molar-refractivity contribution in [2.75, 3.05) is 12.4 Å². The van der Waals surface area contributed by atoms with E-state index in [0.29, 0.717) is 39.5 Å². The Labute approximate surface area is 228 Å². The van der Waals surface area contributed by atoms with Crippen LogP contribution in [0, 0.1) is 16.5 Å². The Morgan fingerprint density at radius 1 is 0.975 bits per heavy atom. The molecular weight excluding hydrogens is 514 g/mol. The maximum atomic E-state index is 14.4. The number of fused-ring (bicyclic) bond motifs is 2. The molecule has 0 bridgehead atoms. The Hall–Kier alpha value is -4.57. The molecule has 0 atom stereocenters. The van der Waals surface area contributed by atoms with Gasteiger partial charge < -0.3 is 14.6 Å². The molecule has 10 heteroatoms. The molecule has 2 heterocycles. The third-order valence-electron chi connectivity index (χ3n) is 7.27. The van der Waals surface area contributed by atoms with Crippen LogP contribution in [0.3, 0.4) is 0 Å². The van der Waals surface area contributed by atoms with Gasteiger partial charge in [-0.3, -0.25) is 4.99 Å². The van der Waals surface area contributed by atoms with E-state index in [9.17, 15) is 13.7 Å². The lowest BCUT2D eigenvalue weighted by Crippen LogP contribution is -2.25. The van der Waals surface area contributed by atoms with Gasteiger partial charge in [0.05, 0.1) is 51.8 Å². The maximum Gasteiger partial charge on any atom is 0.160 e. The largest absolute Gasteiger partial charge is 0.381 e. The molecule has 1 N–H and O–H groups in total. The SMILES string of the molecule is COC1CCC(/N=c2\cc3n(-c4ccc(F)c(F)c4)c4ccccc4nc-3cc2Nc2ccc(N=O)cn2)CC1. The second-order valence-corrected chi connectivity index (χ2v) is 9.81. The monoisotopic (exact) mass is 540 g/mol. The second-order valence-electron chi connectivity index (χ2n) is 9.81. The number of nitroso groups, excluding NO2 is 1. The fourth-order valence-electron chi connectivity index (χ4n) is 5.21. The number of methoxy groups -OCH3 is 1. The first-order valence-corrected chi connectivity index (χ1v) is 13.1. The number of anilines is 2. The third kappa shape index (κ3) is 5.05. The van der Waals surface area contributed by atoms with Crippen molar-refractivity contribution in [1.29, 1.82) is 0 Å². The lowest BCUT2D eigenvalue weighted by Gasteiger charge is -2.25. The number of hydrogen-bond donors (Lipinski definition) is 1. The minimum absolute atomic E-state index is 0.0872. The fraction of sp³-hybridized carbons (Fsp3) is 0.233. The van der Waals surface area contributed by atoms with Gasteiger partial charge >= 0.3 is 0 Å². The van der Waals surface area contributed by atoms with Gasteiger partial charge in [0, 0.05) is 18.9 Å². The molecule has 0 unspecified atom stereocenters. The summed E-state index contributed by atoms with van der Waals surface area (Å²) in [6.07, 6.45) is 5.23. The van der Waals surface area contributed by atoms with Crippen LogP contribution in [0.5, 0.6) is 0 Å². The molecule has 0 amide bonds. The molecule has 1 aromatic heterocycles. The summed E-state index contributed by atoms with van der Waals surface area (Å²) in [5.41, 5.74) is 4.12. The van der Waals surface area contributed by atoms with Crippen molar-refractivity contribution in [2.24, 2.45) is 10.2 Å². The van der Waals surface area contributed by atoms with Gasteiger partial charge in [0.1, 0.15) is 11.5 Å². The molecule has 1 aliphatic heterocycles. The van der Waals surface area contributed by atoms with Crippen molar-refractivity contribution in [1.82, 2.24) is 14.5 Å². The van der Waals surface area contributed by atoms with Gasteiger partial charge in [0.25, 0.3) is 0 Å². The highest BCUT2D eigenvalue weighted by atomic mass is 19.2. The van der Waals surface area contributed by atoms with Crippen molar-refractivity contribution >= 4 is 28.2 Å². The summed E-state index contributed by atoms with van der Waals surface area (Å²) in [6, 6.07) is 18.5. The number of halogens is 2. The van der Waals surface area contributed by atoms with Crippen LogP contribution in [0.4, 0.5) is 26.0 Å². The van der Waals surface area contributed by atoms with E-state index >= 15 is 0 Å². The Bertz CT molecular complexity index is 1730. The molecule has 202 valence electrons. The highest BCUT2D eigenvalue weighted by molar-refractivity contribution is 5.84. The van der Waals surface area contributed by atoms with E-state index in [2.05, 4.69) is 15.5 Å². The highest BCUT2D eigenvalue weighted by Gasteiger charge is 2.22. The molecule has 3 aliphatic rings. The fourth-order valence-corrected chi connectivity index (χ4v) is 5.21. The summed E-state index contributed by atoms with van der Waals surface area (Å²) in [6.45, 7) is 0. The normalized spacial score (nSPS) is 17.8. The lowest BCUT2D eigenvalue weighted by molar-refractivity contribution is 0.0663. The van der Waals surface area contributed by atoms with Crippen LogP contribution in [-0.4, -0.2) is 33.8 Å². The summed E-state index contributed by atoms with van der Waals surface area (Å²) >= 11 is 0. The second kappa shape index (κ2) is 10.9. The average Bonchev–Trinajstić information content (AvgIpc) is 2.98. The van der Waals surface area contributed by atoms with Gasteiger partial charge in [0.2, 0.25) is 0 Å². The van der Waals surface area contributed by atoms with Crippen molar-refractivity contribution in [3.63, 3.8) is 0 Å². The molecule has 2 aromatic carbocycles.